The third-order valence-corrected chi connectivity index (χ3v) is 6.89. The third kappa shape index (κ3) is 12.5. The first-order chi connectivity index (χ1) is 16.2. The summed E-state index contributed by atoms with van der Waals surface area (Å²) in [5, 5.41) is 4.19. The van der Waals surface area contributed by atoms with Crippen LogP contribution in [0.5, 0.6) is 0 Å². The maximum atomic E-state index is 10.7. The number of nitroso groups, excluding NO2 is 1. The Labute approximate surface area is 219 Å². The number of hydrogen-bond donors (Lipinski definition) is 0. The van der Waals surface area contributed by atoms with Gasteiger partial charge in [0.1, 0.15) is 0 Å². The number of rotatable bonds is 3. The Hall–Kier alpha value is -1.95. The molecule has 0 heterocycles. The van der Waals surface area contributed by atoms with Gasteiger partial charge in [0.25, 0.3) is 0 Å². The van der Waals surface area contributed by atoms with Crippen molar-refractivity contribution in [2.75, 3.05) is 0 Å². The van der Waals surface area contributed by atoms with Crippen LogP contribution in [0.1, 0.15) is 0 Å². The Morgan fingerprint density at radius 1 is 0.600 bits per heavy atom. The standard InChI is InChI=1S/C18H15P.C5H5.CHF3O3S.NO.Re/c1-4-10-16(11-5-1)19(17-12-6-2-7-13-17)18-14-8-3-9-15-18;1-2-4-5-3-1;2-1(3,4)8(5,6)7;1-2;/h1-15H;1-5H;(H,5,6,7);;/q;;;-1;/p-1. The van der Waals surface area contributed by atoms with Gasteiger partial charge in [-0.1, -0.05) is 91.0 Å². The summed E-state index contributed by atoms with van der Waals surface area (Å²) in [7, 11) is -6.54. The van der Waals surface area contributed by atoms with Gasteiger partial charge >= 0.3 is 5.51 Å². The van der Waals surface area contributed by atoms with Gasteiger partial charge in [-0.05, 0) is 55.9 Å². The molecule has 0 atom stereocenters. The molecule has 186 valence electrons. The van der Waals surface area contributed by atoms with Crippen LogP contribution in [-0.4, -0.2) is 18.5 Å². The number of halogens is 3. The van der Waals surface area contributed by atoms with E-state index in [1.807, 2.05) is 32.1 Å². The van der Waals surface area contributed by atoms with E-state index in [2.05, 4.69) is 91.0 Å². The molecule has 1 aliphatic rings. The zero-order valence-electron chi connectivity index (χ0n) is 18.0. The minimum Gasteiger partial charge on any atom is -0.741 e. The summed E-state index contributed by atoms with van der Waals surface area (Å²) in [5.41, 5.74) is 0.104. The fourth-order valence-electron chi connectivity index (χ4n) is 2.50. The molecule has 1 aliphatic carbocycles. The Kier molecular flexibility index (Phi) is 16.5. The molecule has 0 aliphatic heterocycles. The molecule has 0 unspecified atom stereocenters. The Balaban J connectivity index is 0.000000601. The number of hydrogen-bond acceptors (Lipinski definition) is 4. The molecule has 11 heteroatoms. The first-order valence-corrected chi connectivity index (χ1v) is 12.3. The van der Waals surface area contributed by atoms with Crippen LogP contribution in [0.4, 0.5) is 13.2 Å². The van der Waals surface area contributed by atoms with E-state index in [4.69, 9.17) is 23.5 Å². The zero-order chi connectivity index (χ0) is 25.5. The van der Waals surface area contributed by atoms with Crippen LogP contribution < -0.4 is 15.9 Å². The van der Waals surface area contributed by atoms with Gasteiger partial charge in [0.2, 0.25) is 0 Å². The second-order valence-corrected chi connectivity index (χ2v) is 9.80. The van der Waals surface area contributed by atoms with Crippen molar-refractivity contribution in [1.29, 1.82) is 0 Å². The minimum atomic E-state index is -6.09. The smallest absolute Gasteiger partial charge is 0.485 e. The van der Waals surface area contributed by atoms with Crippen molar-refractivity contribution in [2.24, 2.45) is 0 Å². The molecule has 0 bridgehead atoms. The molecule has 1 saturated carbocycles. The van der Waals surface area contributed by atoms with Gasteiger partial charge in [-0.25, -0.2) is 8.42 Å². The molecule has 6 radical (unpaired) electrons. The van der Waals surface area contributed by atoms with Gasteiger partial charge in [0.15, 0.2) is 10.1 Å². The predicted molar refractivity (Wildman–Crippen MR) is 129 cm³/mol. The van der Waals surface area contributed by atoms with Crippen LogP contribution >= 0.6 is 7.92 Å². The summed E-state index contributed by atoms with van der Waals surface area (Å²) < 4.78 is 58.9. The minimum absolute atomic E-state index is 0. The second kappa shape index (κ2) is 17.5. The van der Waals surface area contributed by atoms with E-state index in [-0.39, 0.29) is 20.4 Å². The Morgan fingerprint density at radius 2 is 0.800 bits per heavy atom. The third-order valence-electron chi connectivity index (χ3n) is 3.88. The van der Waals surface area contributed by atoms with Crippen molar-refractivity contribution in [3.05, 3.63) is 134 Å². The molecule has 35 heavy (non-hydrogen) atoms. The van der Waals surface area contributed by atoms with E-state index in [1.165, 1.54) is 15.9 Å². The van der Waals surface area contributed by atoms with E-state index in [0.717, 1.165) is 0 Å². The van der Waals surface area contributed by atoms with Crippen LogP contribution in [-0.2, 0) is 30.5 Å². The largest absolute Gasteiger partial charge is 0.741 e. The fourth-order valence-corrected chi connectivity index (χ4v) is 4.80. The van der Waals surface area contributed by atoms with Crippen LogP contribution in [0.15, 0.2) is 91.0 Å². The summed E-state index contributed by atoms with van der Waals surface area (Å²) in [6.07, 6.45) is 10.0. The van der Waals surface area contributed by atoms with Gasteiger partial charge in [0.05, 0.1) is 0 Å². The monoisotopic (exact) mass is 693 g/mol. The van der Waals surface area contributed by atoms with E-state index in [1.54, 1.807) is 0 Å². The van der Waals surface area contributed by atoms with Gasteiger partial charge in [0, 0.05) is 20.4 Å². The summed E-state index contributed by atoms with van der Waals surface area (Å²) in [6.45, 7) is 0. The molecular formula is C24H20F3NO4PReS-2. The van der Waals surface area contributed by atoms with Gasteiger partial charge in [-0.2, -0.15) is 13.2 Å². The molecule has 0 N–H and O–H groups in total. The number of benzene rings is 3. The molecule has 0 amide bonds. The average molecular weight is 693 g/mol. The summed E-state index contributed by atoms with van der Waals surface area (Å²) in [4.78, 5) is 7.25. The van der Waals surface area contributed by atoms with Crippen molar-refractivity contribution in [1.82, 2.24) is 0 Å². The van der Waals surface area contributed by atoms with Crippen LogP contribution in [0.25, 0.3) is 5.59 Å². The quantitative estimate of drug-likeness (QED) is 0.223. The van der Waals surface area contributed by atoms with E-state index < -0.39 is 23.5 Å². The molecule has 3 aromatic rings. The molecule has 3 aromatic carbocycles. The molecule has 0 saturated heterocycles. The average Bonchev–Trinajstić information content (AvgIpc) is 3.42. The first-order valence-electron chi connectivity index (χ1n) is 9.52. The molecule has 0 spiro atoms. The normalized spacial score (nSPS) is 12.5. The summed E-state index contributed by atoms with van der Waals surface area (Å²) in [5.74, 6) is 0. The van der Waals surface area contributed by atoms with Gasteiger partial charge in [-0.3, -0.25) is 0 Å². The van der Waals surface area contributed by atoms with Gasteiger partial charge < -0.3 is 15.1 Å². The summed E-state index contributed by atoms with van der Waals surface area (Å²) in [6, 6.07) is 32.3. The van der Waals surface area contributed by atoms with Crippen molar-refractivity contribution in [2.45, 2.75) is 5.51 Å². The molecule has 1 fully saturated rings. The first kappa shape index (κ1) is 33.1. The molecule has 5 nitrogen and oxygen atoms in total. The second-order valence-electron chi connectivity index (χ2n) is 6.20. The van der Waals surface area contributed by atoms with E-state index >= 15 is 0 Å². The van der Waals surface area contributed by atoms with Crippen molar-refractivity contribution < 1.29 is 46.6 Å². The SMILES string of the molecule is O=S(=O)([O-])C(F)(F)F.[CH]1[CH][CH][CH][CH]1.[N-]=O.[Re].c1ccc(P(c2ccccc2)c2ccccc2)cc1. The predicted octanol–water partition coefficient (Wildman–Crippen LogP) is 4.84. The molecule has 0 aromatic heterocycles. The van der Waals surface area contributed by atoms with Crippen molar-refractivity contribution in [3.8, 4) is 0 Å². The maximum absolute atomic E-state index is 10.7. The van der Waals surface area contributed by atoms with Crippen LogP contribution in [0.3, 0.4) is 0 Å². The van der Waals surface area contributed by atoms with Crippen LogP contribution in [0, 0.1) is 37.0 Å². The summed E-state index contributed by atoms with van der Waals surface area (Å²) >= 11 is 0. The Bertz CT molecular complexity index is 939. The van der Waals surface area contributed by atoms with E-state index in [0.29, 0.717) is 0 Å². The Morgan fingerprint density at radius 3 is 0.971 bits per heavy atom. The molecule has 4 rings (SSSR count). The number of alkyl halides is 3. The van der Waals surface area contributed by atoms with Crippen LogP contribution in [0.2, 0.25) is 0 Å². The zero-order valence-corrected chi connectivity index (χ0v) is 22.4. The van der Waals surface area contributed by atoms with Gasteiger partial charge in [-0.15, -0.1) is 0 Å². The van der Waals surface area contributed by atoms with E-state index in [9.17, 15) is 13.2 Å². The molecular weight excluding hydrogens is 673 g/mol. The fraction of sp³-hybridized carbons (Fsp3) is 0.0417. The van der Waals surface area contributed by atoms with Crippen molar-refractivity contribution >= 4 is 34.0 Å². The maximum Gasteiger partial charge on any atom is 0.485 e. The number of nitrogens with zero attached hydrogens (tertiary/aromatic N) is 1. The topological polar surface area (TPSA) is 96.6 Å². The van der Waals surface area contributed by atoms with Crippen molar-refractivity contribution in [3.63, 3.8) is 0 Å².